The molecule has 3 atom stereocenters. The molecule has 1 aromatic rings. The van der Waals surface area contributed by atoms with E-state index in [0.717, 1.165) is 24.1 Å². The van der Waals surface area contributed by atoms with Crippen molar-refractivity contribution in [2.24, 2.45) is 5.92 Å². The summed E-state index contributed by atoms with van der Waals surface area (Å²) >= 11 is 1.62. The lowest BCUT2D eigenvalue weighted by atomic mass is 9.75. The van der Waals surface area contributed by atoms with Gasteiger partial charge >= 0.3 is 0 Å². The van der Waals surface area contributed by atoms with E-state index in [0.29, 0.717) is 12.5 Å². The molecular formula is C14H22O2S. The Kier molecular flexibility index (Phi) is 4.23. The van der Waals surface area contributed by atoms with Gasteiger partial charge in [-0.3, -0.25) is 0 Å². The van der Waals surface area contributed by atoms with Crippen molar-refractivity contribution >= 4 is 11.3 Å². The summed E-state index contributed by atoms with van der Waals surface area (Å²) in [4.78, 5) is 1.03. The zero-order valence-corrected chi connectivity index (χ0v) is 11.5. The third-order valence-electron chi connectivity index (χ3n) is 3.73. The van der Waals surface area contributed by atoms with Gasteiger partial charge in [0.1, 0.15) is 6.10 Å². The summed E-state index contributed by atoms with van der Waals surface area (Å²) in [6.07, 6.45) is 3.89. The summed E-state index contributed by atoms with van der Waals surface area (Å²) in [5.41, 5.74) is -0.350. The van der Waals surface area contributed by atoms with Crippen molar-refractivity contribution in [3.63, 3.8) is 0 Å². The van der Waals surface area contributed by atoms with Crippen LogP contribution in [-0.2, 0) is 4.74 Å². The highest BCUT2D eigenvalue weighted by Gasteiger charge is 2.43. The lowest BCUT2D eigenvalue weighted by Crippen LogP contribution is -2.43. The number of aliphatic hydroxyl groups is 1. The van der Waals surface area contributed by atoms with E-state index >= 15 is 0 Å². The first-order valence-electron chi connectivity index (χ1n) is 6.53. The zero-order valence-electron chi connectivity index (χ0n) is 10.7. The van der Waals surface area contributed by atoms with Gasteiger partial charge in [-0.1, -0.05) is 25.8 Å². The van der Waals surface area contributed by atoms with Crippen LogP contribution in [0.4, 0.5) is 0 Å². The first kappa shape index (κ1) is 13.1. The van der Waals surface area contributed by atoms with Crippen molar-refractivity contribution in [1.29, 1.82) is 0 Å². The molecule has 0 aliphatic heterocycles. The van der Waals surface area contributed by atoms with E-state index in [1.807, 2.05) is 24.4 Å². The Morgan fingerprint density at radius 2 is 2.47 bits per heavy atom. The van der Waals surface area contributed by atoms with Gasteiger partial charge in [0.05, 0.1) is 5.60 Å². The van der Waals surface area contributed by atoms with Crippen LogP contribution in [0.1, 0.15) is 50.5 Å². The summed E-state index contributed by atoms with van der Waals surface area (Å²) in [6.45, 7) is 4.95. The van der Waals surface area contributed by atoms with E-state index < -0.39 is 6.10 Å². The molecule has 3 unspecified atom stereocenters. The fourth-order valence-corrected chi connectivity index (χ4v) is 3.81. The molecule has 0 bridgehead atoms. The van der Waals surface area contributed by atoms with Gasteiger partial charge < -0.3 is 9.84 Å². The second-order valence-electron chi connectivity index (χ2n) is 5.12. The molecule has 1 aliphatic rings. The SMILES string of the molecule is CCOC1(C(O)c2cccs2)CCCC(C)C1. The first-order valence-corrected chi connectivity index (χ1v) is 7.41. The Morgan fingerprint density at radius 3 is 3.06 bits per heavy atom. The molecule has 2 rings (SSSR count). The third kappa shape index (κ3) is 2.72. The topological polar surface area (TPSA) is 29.5 Å². The van der Waals surface area contributed by atoms with Crippen molar-refractivity contribution in [2.75, 3.05) is 6.61 Å². The highest BCUT2D eigenvalue weighted by molar-refractivity contribution is 7.10. The largest absolute Gasteiger partial charge is 0.385 e. The molecule has 96 valence electrons. The van der Waals surface area contributed by atoms with Gasteiger partial charge in [0, 0.05) is 11.5 Å². The molecule has 17 heavy (non-hydrogen) atoms. The van der Waals surface area contributed by atoms with E-state index in [1.165, 1.54) is 6.42 Å². The Hall–Kier alpha value is -0.380. The Labute approximate surface area is 108 Å². The van der Waals surface area contributed by atoms with Gasteiger partial charge in [-0.05, 0) is 37.1 Å². The van der Waals surface area contributed by atoms with Crippen LogP contribution in [0.25, 0.3) is 0 Å². The molecule has 1 aliphatic carbocycles. The fourth-order valence-electron chi connectivity index (χ4n) is 3.00. The number of aliphatic hydroxyl groups excluding tert-OH is 1. The van der Waals surface area contributed by atoms with E-state index in [4.69, 9.17) is 4.74 Å². The molecule has 3 heteroatoms. The molecule has 0 saturated heterocycles. The number of ether oxygens (including phenoxy) is 1. The van der Waals surface area contributed by atoms with Crippen molar-refractivity contribution in [2.45, 2.75) is 51.2 Å². The van der Waals surface area contributed by atoms with Crippen LogP contribution in [0.5, 0.6) is 0 Å². The van der Waals surface area contributed by atoms with E-state index in [1.54, 1.807) is 11.3 Å². The number of hydrogen-bond donors (Lipinski definition) is 1. The molecule has 1 N–H and O–H groups in total. The van der Waals surface area contributed by atoms with Crippen LogP contribution in [0.15, 0.2) is 17.5 Å². The summed E-state index contributed by atoms with van der Waals surface area (Å²) in [6, 6.07) is 4.00. The zero-order chi connectivity index (χ0) is 12.3. The number of rotatable bonds is 4. The van der Waals surface area contributed by atoms with E-state index in [2.05, 4.69) is 6.92 Å². The van der Waals surface area contributed by atoms with Crippen molar-refractivity contribution < 1.29 is 9.84 Å². The summed E-state index contributed by atoms with van der Waals surface area (Å²) < 4.78 is 5.98. The Bertz CT molecular complexity index is 332. The van der Waals surface area contributed by atoms with Gasteiger partial charge in [0.2, 0.25) is 0 Å². The lowest BCUT2D eigenvalue weighted by Gasteiger charge is -2.42. The number of hydrogen-bond acceptors (Lipinski definition) is 3. The van der Waals surface area contributed by atoms with Crippen LogP contribution in [-0.4, -0.2) is 17.3 Å². The van der Waals surface area contributed by atoms with Gasteiger partial charge in [-0.15, -0.1) is 11.3 Å². The summed E-state index contributed by atoms with van der Waals surface area (Å²) in [5.74, 6) is 0.643. The van der Waals surface area contributed by atoms with Crippen LogP contribution < -0.4 is 0 Å². The van der Waals surface area contributed by atoms with Crippen LogP contribution in [0, 0.1) is 5.92 Å². The predicted molar refractivity (Wildman–Crippen MR) is 71.3 cm³/mol. The average molecular weight is 254 g/mol. The predicted octanol–water partition coefficient (Wildman–Crippen LogP) is 3.77. The van der Waals surface area contributed by atoms with E-state index in [-0.39, 0.29) is 5.60 Å². The summed E-state index contributed by atoms with van der Waals surface area (Å²) in [7, 11) is 0. The molecule has 1 aromatic heterocycles. The van der Waals surface area contributed by atoms with Crippen molar-refractivity contribution in [3.8, 4) is 0 Å². The monoisotopic (exact) mass is 254 g/mol. The lowest BCUT2D eigenvalue weighted by molar-refractivity contribution is -0.148. The first-order chi connectivity index (χ1) is 8.18. The smallest absolute Gasteiger partial charge is 0.117 e. The van der Waals surface area contributed by atoms with Gasteiger partial charge in [0.15, 0.2) is 0 Å². The van der Waals surface area contributed by atoms with Gasteiger partial charge in [0.25, 0.3) is 0 Å². The van der Waals surface area contributed by atoms with Gasteiger partial charge in [-0.25, -0.2) is 0 Å². The Balaban J connectivity index is 2.20. The molecule has 1 heterocycles. The molecule has 2 nitrogen and oxygen atoms in total. The molecule has 1 saturated carbocycles. The standard InChI is InChI=1S/C14H22O2S/c1-3-16-14(8-4-6-11(2)10-14)13(15)12-7-5-9-17-12/h5,7,9,11,13,15H,3-4,6,8,10H2,1-2H3. The molecular weight excluding hydrogens is 232 g/mol. The highest BCUT2D eigenvalue weighted by Crippen LogP contribution is 2.44. The maximum atomic E-state index is 10.6. The minimum absolute atomic E-state index is 0.350. The normalized spacial score (nSPS) is 31.4. The van der Waals surface area contributed by atoms with Crippen molar-refractivity contribution in [3.05, 3.63) is 22.4 Å². The Morgan fingerprint density at radius 1 is 1.65 bits per heavy atom. The van der Waals surface area contributed by atoms with Crippen LogP contribution in [0.2, 0.25) is 0 Å². The maximum absolute atomic E-state index is 10.6. The minimum atomic E-state index is -0.467. The van der Waals surface area contributed by atoms with Crippen LogP contribution in [0.3, 0.4) is 0 Å². The van der Waals surface area contributed by atoms with E-state index in [9.17, 15) is 5.11 Å². The number of thiophene rings is 1. The van der Waals surface area contributed by atoms with Crippen molar-refractivity contribution in [1.82, 2.24) is 0 Å². The molecule has 0 aromatic carbocycles. The second kappa shape index (κ2) is 5.51. The molecule has 0 amide bonds. The quantitative estimate of drug-likeness (QED) is 0.886. The third-order valence-corrected chi connectivity index (χ3v) is 4.66. The maximum Gasteiger partial charge on any atom is 0.117 e. The second-order valence-corrected chi connectivity index (χ2v) is 6.10. The molecule has 0 spiro atoms. The van der Waals surface area contributed by atoms with Gasteiger partial charge in [-0.2, -0.15) is 0 Å². The summed E-state index contributed by atoms with van der Waals surface area (Å²) in [5, 5.41) is 12.6. The highest BCUT2D eigenvalue weighted by atomic mass is 32.1. The molecule has 0 radical (unpaired) electrons. The minimum Gasteiger partial charge on any atom is -0.385 e. The molecule has 1 fully saturated rings. The fraction of sp³-hybridized carbons (Fsp3) is 0.714. The average Bonchev–Trinajstić information content (AvgIpc) is 2.81. The van der Waals surface area contributed by atoms with Crippen LogP contribution >= 0.6 is 11.3 Å².